The van der Waals surface area contributed by atoms with Crippen molar-refractivity contribution in [2.75, 3.05) is 19.6 Å². The largest absolute Gasteiger partial charge is 0.508 e. The molecule has 0 unspecified atom stereocenters. The minimum absolute atomic E-state index is 0.0874. The molecule has 0 radical (unpaired) electrons. The highest BCUT2D eigenvalue weighted by atomic mass is 16.3. The van der Waals surface area contributed by atoms with Gasteiger partial charge < -0.3 is 21.1 Å². The van der Waals surface area contributed by atoms with E-state index in [1.54, 1.807) is 18.2 Å². The van der Waals surface area contributed by atoms with E-state index in [9.17, 15) is 9.90 Å². The number of hydrogen-bond acceptors (Lipinski definition) is 3. The van der Waals surface area contributed by atoms with E-state index in [2.05, 4.69) is 46.1 Å². The van der Waals surface area contributed by atoms with Crippen molar-refractivity contribution in [3.8, 4) is 5.75 Å². The maximum atomic E-state index is 12.0. The van der Waals surface area contributed by atoms with Crippen LogP contribution in [0.1, 0.15) is 34.8 Å². The fourth-order valence-corrected chi connectivity index (χ4v) is 2.57. The molecule has 4 N–H and O–H groups in total. The van der Waals surface area contributed by atoms with E-state index in [0.717, 1.165) is 18.9 Å². The van der Waals surface area contributed by atoms with Gasteiger partial charge in [-0.1, -0.05) is 35.9 Å². The van der Waals surface area contributed by atoms with Gasteiger partial charge in [-0.05, 0) is 44.0 Å². The van der Waals surface area contributed by atoms with Gasteiger partial charge in [0.2, 0.25) is 0 Å². The number of aliphatic imine (C=N–C) groups is 1. The second kappa shape index (κ2) is 10.9. The average Bonchev–Trinajstić information content (AvgIpc) is 2.65. The third kappa shape index (κ3) is 7.40. The van der Waals surface area contributed by atoms with Gasteiger partial charge in [0.25, 0.3) is 5.91 Å². The number of benzene rings is 2. The fourth-order valence-electron chi connectivity index (χ4n) is 2.57. The first-order valence-electron chi connectivity index (χ1n) is 9.23. The minimum Gasteiger partial charge on any atom is -0.508 e. The summed E-state index contributed by atoms with van der Waals surface area (Å²) >= 11 is 0. The normalized spacial score (nSPS) is 11.1. The van der Waals surface area contributed by atoms with E-state index in [0.29, 0.717) is 25.2 Å². The second-order valence-corrected chi connectivity index (χ2v) is 6.27. The number of carbonyl (C=O) groups is 1. The number of amides is 1. The van der Waals surface area contributed by atoms with Crippen LogP contribution in [0, 0.1) is 6.92 Å². The lowest BCUT2D eigenvalue weighted by molar-refractivity contribution is 0.0953. The number of aryl methyl sites for hydroxylation is 1. The zero-order valence-electron chi connectivity index (χ0n) is 16.0. The third-order valence-corrected chi connectivity index (χ3v) is 3.89. The van der Waals surface area contributed by atoms with Gasteiger partial charge >= 0.3 is 0 Å². The van der Waals surface area contributed by atoms with E-state index in [1.807, 2.05) is 13.0 Å². The molecule has 2 rings (SSSR count). The van der Waals surface area contributed by atoms with Gasteiger partial charge in [0.1, 0.15) is 5.75 Å². The van der Waals surface area contributed by atoms with Crippen LogP contribution in [0.5, 0.6) is 5.75 Å². The second-order valence-electron chi connectivity index (χ2n) is 6.27. The standard InChI is InChI=1S/C21H28N4O2/c1-3-22-21(25-15-17-8-4-7-16(2)13-17)24-12-6-11-23-20(27)18-9-5-10-19(26)14-18/h4-5,7-10,13-14,26H,3,6,11-12,15H2,1-2H3,(H,23,27)(H2,22,24,25). The molecule has 144 valence electrons. The quantitative estimate of drug-likeness (QED) is 0.328. The van der Waals surface area contributed by atoms with Crippen LogP contribution in [0.4, 0.5) is 0 Å². The zero-order valence-corrected chi connectivity index (χ0v) is 16.0. The number of rotatable bonds is 8. The molecule has 0 saturated heterocycles. The first-order chi connectivity index (χ1) is 13.1. The number of aromatic hydroxyl groups is 1. The SMILES string of the molecule is CCNC(=NCc1cccc(C)c1)NCCCNC(=O)c1cccc(O)c1. The summed E-state index contributed by atoms with van der Waals surface area (Å²) in [5.74, 6) is 0.661. The number of hydrogen-bond donors (Lipinski definition) is 4. The molecule has 0 bridgehead atoms. The van der Waals surface area contributed by atoms with Crippen LogP contribution < -0.4 is 16.0 Å². The Morgan fingerprint density at radius 2 is 1.81 bits per heavy atom. The summed E-state index contributed by atoms with van der Waals surface area (Å²) in [5.41, 5.74) is 2.85. The zero-order chi connectivity index (χ0) is 19.5. The van der Waals surface area contributed by atoms with Crippen molar-refractivity contribution < 1.29 is 9.90 Å². The molecular formula is C21H28N4O2. The van der Waals surface area contributed by atoms with Crippen LogP contribution in [0.2, 0.25) is 0 Å². The third-order valence-electron chi connectivity index (χ3n) is 3.89. The van der Waals surface area contributed by atoms with Crippen molar-refractivity contribution in [3.63, 3.8) is 0 Å². The van der Waals surface area contributed by atoms with Gasteiger partial charge in [-0.3, -0.25) is 4.79 Å². The smallest absolute Gasteiger partial charge is 0.251 e. The molecule has 0 atom stereocenters. The molecule has 6 nitrogen and oxygen atoms in total. The molecule has 27 heavy (non-hydrogen) atoms. The molecule has 0 saturated carbocycles. The Hall–Kier alpha value is -3.02. The van der Waals surface area contributed by atoms with Crippen molar-refractivity contribution in [2.24, 2.45) is 4.99 Å². The van der Waals surface area contributed by atoms with Crippen LogP contribution >= 0.6 is 0 Å². The van der Waals surface area contributed by atoms with Crippen molar-refractivity contribution in [1.29, 1.82) is 0 Å². The highest BCUT2D eigenvalue weighted by Crippen LogP contribution is 2.10. The summed E-state index contributed by atoms with van der Waals surface area (Å²) in [5, 5.41) is 18.8. The Balaban J connectivity index is 1.74. The summed E-state index contributed by atoms with van der Waals surface area (Å²) in [7, 11) is 0. The van der Waals surface area contributed by atoms with E-state index >= 15 is 0 Å². The van der Waals surface area contributed by atoms with E-state index in [4.69, 9.17) is 0 Å². The Labute approximate surface area is 160 Å². The number of carbonyl (C=O) groups excluding carboxylic acids is 1. The average molecular weight is 368 g/mol. The minimum atomic E-state index is -0.189. The summed E-state index contributed by atoms with van der Waals surface area (Å²) in [6.07, 6.45) is 0.763. The number of nitrogens with zero attached hydrogens (tertiary/aromatic N) is 1. The van der Waals surface area contributed by atoms with E-state index in [1.165, 1.54) is 17.2 Å². The van der Waals surface area contributed by atoms with Crippen molar-refractivity contribution >= 4 is 11.9 Å². The Kier molecular flexibility index (Phi) is 8.16. The molecule has 0 aliphatic rings. The number of phenolic OH excluding ortho intramolecular Hbond substituents is 1. The number of guanidine groups is 1. The van der Waals surface area contributed by atoms with Crippen LogP contribution in [0.3, 0.4) is 0 Å². The number of phenols is 1. The first-order valence-corrected chi connectivity index (χ1v) is 9.23. The molecule has 6 heteroatoms. The molecule has 2 aromatic carbocycles. The molecule has 0 heterocycles. The lowest BCUT2D eigenvalue weighted by Crippen LogP contribution is -2.38. The van der Waals surface area contributed by atoms with Gasteiger partial charge in [-0.25, -0.2) is 4.99 Å². The molecule has 0 aliphatic heterocycles. The van der Waals surface area contributed by atoms with Crippen molar-refractivity contribution in [3.05, 3.63) is 65.2 Å². The van der Waals surface area contributed by atoms with Gasteiger partial charge in [-0.15, -0.1) is 0 Å². The van der Waals surface area contributed by atoms with Crippen molar-refractivity contribution in [1.82, 2.24) is 16.0 Å². The van der Waals surface area contributed by atoms with E-state index in [-0.39, 0.29) is 11.7 Å². The lowest BCUT2D eigenvalue weighted by atomic mass is 10.1. The number of nitrogens with one attached hydrogen (secondary N) is 3. The summed E-state index contributed by atoms with van der Waals surface area (Å²) < 4.78 is 0. The molecule has 0 aliphatic carbocycles. The highest BCUT2D eigenvalue weighted by Gasteiger charge is 2.05. The molecule has 0 spiro atoms. The molecule has 2 aromatic rings. The molecule has 1 amide bonds. The van der Waals surface area contributed by atoms with Gasteiger partial charge in [0.15, 0.2) is 5.96 Å². The predicted molar refractivity (Wildman–Crippen MR) is 109 cm³/mol. The maximum absolute atomic E-state index is 12.0. The Bertz CT molecular complexity index is 774. The lowest BCUT2D eigenvalue weighted by Gasteiger charge is -2.12. The Morgan fingerprint density at radius 3 is 2.56 bits per heavy atom. The van der Waals surface area contributed by atoms with Gasteiger partial charge in [0.05, 0.1) is 6.54 Å². The summed E-state index contributed by atoms with van der Waals surface area (Å²) in [6, 6.07) is 14.6. The summed E-state index contributed by atoms with van der Waals surface area (Å²) in [4.78, 5) is 16.6. The van der Waals surface area contributed by atoms with Gasteiger partial charge in [-0.2, -0.15) is 0 Å². The van der Waals surface area contributed by atoms with Crippen LogP contribution in [-0.4, -0.2) is 36.6 Å². The van der Waals surface area contributed by atoms with Crippen LogP contribution in [-0.2, 0) is 6.54 Å². The summed E-state index contributed by atoms with van der Waals surface area (Å²) in [6.45, 7) is 6.74. The Morgan fingerprint density at radius 1 is 1.04 bits per heavy atom. The topological polar surface area (TPSA) is 85.8 Å². The molecule has 0 aromatic heterocycles. The van der Waals surface area contributed by atoms with Crippen LogP contribution in [0.25, 0.3) is 0 Å². The van der Waals surface area contributed by atoms with Gasteiger partial charge in [0, 0.05) is 25.2 Å². The van der Waals surface area contributed by atoms with E-state index < -0.39 is 0 Å². The predicted octanol–water partition coefficient (Wildman–Crippen LogP) is 2.58. The molecule has 0 fully saturated rings. The molecular weight excluding hydrogens is 340 g/mol. The monoisotopic (exact) mass is 368 g/mol. The fraction of sp³-hybridized carbons (Fsp3) is 0.333. The van der Waals surface area contributed by atoms with Crippen LogP contribution in [0.15, 0.2) is 53.5 Å². The first kappa shape index (κ1) is 20.3. The van der Waals surface area contributed by atoms with Crippen molar-refractivity contribution in [2.45, 2.75) is 26.8 Å². The highest BCUT2D eigenvalue weighted by molar-refractivity contribution is 5.94. The maximum Gasteiger partial charge on any atom is 0.251 e.